The molecule has 0 atom stereocenters. The molecule has 4 aliphatic carbocycles. The number of carbonyl (C=O) groups excluding carboxylic acids is 2. The molecule has 1 aromatic heterocycles. The summed E-state index contributed by atoms with van der Waals surface area (Å²) < 4.78 is 2.30. The highest BCUT2D eigenvalue weighted by Gasteiger charge is 2.51. The molecule has 2 amide bonds. The smallest absolute Gasteiger partial charge is 0.256 e. The maximum absolute atomic E-state index is 13.4. The fraction of sp³-hybridized carbons (Fsp3) is 0.394. The van der Waals surface area contributed by atoms with E-state index in [1.54, 1.807) is 0 Å². The Labute approximate surface area is 233 Å². The third-order valence-electron chi connectivity index (χ3n) is 9.28. The van der Waals surface area contributed by atoms with Crippen LogP contribution >= 0.6 is 11.8 Å². The van der Waals surface area contributed by atoms with Gasteiger partial charge >= 0.3 is 0 Å². The second kappa shape index (κ2) is 9.74. The Morgan fingerprint density at radius 1 is 0.872 bits per heavy atom. The summed E-state index contributed by atoms with van der Waals surface area (Å²) in [5.74, 6) is 2.66. The zero-order chi connectivity index (χ0) is 26.6. The lowest BCUT2D eigenvalue weighted by Gasteiger charge is -2.56. The predicted molar refractivity (Wildman–Crippen MR) is 159 cm³/mol. The Kier molecular flexibility index (Phi) is 6.19. The molecule has 0 aliphatic heterocycles. The number of rotatable bonds is 7. The summed E-state index contributed by atoms with van der Waals surface area (Å²) in [7, 11) is 0. The highest BCUT2D eigenvalue weighted by atomic mass is 32.2. The van der Waals surface area contributed by atoms with E-state index in [9.17, 15) is 9.59 Å². The van der Waals surface area contributed by atoms with E-state index in [-0.39, 0.29) is 17.4 Å². The van der Waals surface area contributed by atoms with E-state index in [0.29, 0.717) is 11.3 Å². The summed E-state index contributed by atoms with van der Waals surface area (Å²) in [4.78, 5) is 27.3. The number of carbonyl (C=O) groups is 2. The van der Waals surface area contributed by atoms with Gasteiger partial charge in [0.2, 0.25) is 5.91 Å². The van der Waals surface area contributed by atoms with Gasteiger partial charge in [0, 0.05) is 44.5 Å². The topological polar surface area (TPSA) is 63.1 Å². The first-order valence-corrected chi connectivity index (χ1v) is 15.3. The third kappa shape index (κ3) is 4.53. The molecule has 4 aliphatic rings. The molecule has 0 radical (unpaired) electrons. The number of para-hydroxylation sites is 1. The van der Waals surface area contributed by atoms with Gasteiger partial charge in [-0.1, -0.05) is 30.3 Å². The quantitative estimate of drug-likeness (QED) is 0.244. The Morgan fingerprint density at radius 2 is 1.54 bits per heavy atom. The van der Waals surface area contributed by atoms with Crippen molar-refractivity contribution in [3.63, 3.8) is 0 Å². The summed E-state index contributed by atoms with van der Waals surface area (Å²) in [6.07, 6.45) is 7.53. The first-order chi connectivity index (χ1) is 19.0. The van der Waals surface area contributed by atoms with Crippen LogP contribution in [0.5, 0.6) is 0 Å². The Balaban J connectivity index is 1.06. The number of fused-ring (bicyclic) bond motifs is 3. The molecular formula is C33H35N3O2S. The van der Waals surface area contributed by atoms with E-state index in [0.717, 1.165) is 65.0 Å². The molecule has 4 aromatic rings. The van der Waals surface area contributed by atoms with Crippen molar-refractivity contribution in [3.05, 3.63) is 72.3 Å². The van der Waals surface area contributed by atoms with Crippen LogP contribution in [0.1, 0.15) is 55.8 Å². The average Bonchev–Trinajstić information content (AvgIpc) is 3.24. The summed E-state index contributed by atoms with van der Waals surface area (Å²) in [5, 5.41) is 8.89. The van der Waals surface area contributed by atoms with Gasteiger partial charge in [0.1, 0.15) is 0 Å². The third-order valence-corrected chi connectivity index (χ3v) is 10.4. The molecule has 0 spiro atoms. The minimum absolute atomic E-state index is 0.0167. The molecule has 4 fully saturated rings. The fourth-order valence-electron chi connectivity index (χ4n) is 8.19. The summed E-state index contributed by atoms with van der Waals surface area (Å²) in [6, 6.07) is 22.1. The molecule has 39 heavy (non-hydrogen) atoms. The van der Waals surface area contributed by atoms with Crippen molar-refractivity contribution in [2.24, 2.45) is 17.8 Å². The normalized spacial score (nSPS) is 25.3. The lowest BCUT2D eigenvalue weighted by atomic mass is 9.53. The number of aromatic nitrogens is 1. The molecular weight excluding hydrogens is 502 g/mol. The number of hydrogen-bond acceptors (Lipinski definition) is 3. The second-order valence-electron chi connectivity index (χ2n) is 12.0. The van der Waals surface area contributed by atoms with Crippen LogP contribution in [-0.4, -0.2) is 27.7 Å². The molecule has 5 nitrogen and oxygen atoms in total. The van der Waals surface area contributed by atoms with Gasteiger partial charge in [-0.15, -0.1) is 11.8 Å². The van der Waals surface area contributed by atoms with E-state index in [2.05, 4.69) is 58.5 Å². The van der Waals surface area contributed by atoms with Crippen molar-refractivity contribution in [2.75, 3.05) is 11.1 Å². The Hall–Kier alpha value is -3.25. The summed E-state index contributed by atoms with van der Waals surface area (Å²) in [6.45, 7) is 3.04. The van der Waals surface area contributed by atoms with Crippen molar-refractivity contribution >= 4 is 51.1 Å². The monoisotopic (exact) mass is 537 g/mol. The second-order valence-corrected chi connectivity index (χ2v) is 13.0. The molecule has 1 heterocycles. The zero-order valence-corrected chi connectivity index (χ0v) is 23.2. The maximum atomic E-state index is 13.4. The van der Waals surface area contributed by atoms with Crippen LogP contribution in [-0.2, 0) is 11.3 Å². The van der Waals surface area contributed by atoms with Crippen LogP contribution in [0, 0.1) is 17.8 Å². The zero-order valence-electron chi connectivity index (χ0n) is 22.4. The number of hydrogen-bond donors (Lipinski definition) is 2. The molecule has 4 bridgehead atoms. The number of nitrogens with one attached hydrogen (secondary N) is 2. The molecule has 0 saturated heterocycles. The van der Waals surface area contributed by atoms with Gasteiger partial charge in [-0.3, -0.25) is 9.59 Å². The molecule has 4 saturated carbocycles. The number of benzene rings is 3. The van der Waals surface area contributed by atoms with Crippen LogP contribution in [0.3, 0.4) is 0 Å². The van der Waals surface area contributed by atoms with Crippen molar-refractivity contribution < 1.29 is 9.59 Å². The van der Waals surface area contributed by atoms with Crippen LogP contribution in [0.2, 0.25) is 0 Å². The Bertz CT molecular complexity index is 1550. The van der Waals surface area contributed by atoms with Crippen molar-refractivity contribution in [1.29, 1.82) is 0 Å². The van der Waals surface area contributed by atoms with Crippen LogP contribution in [0.4, 0.5) is 5.69 Å². The van der Waals surface area contributed by atoms with Crippen LogP contribution < -0.4 is 10.6 Å². The van der Waals surface area contributed by atoms with Gasteiger partial charge in [-0.05, 0) is 99.6 Å². The fourth-order valence-corrected chi connectivity index (χ4v) is 9.04. The molecule has 2 N–H and O–H groups in total. The number of nitrogens with zero attached hydrogens (tertiary/aromatic N) is 1. The van der Waals surface area contributed by atoms with Crippen molar-refractivity contribution in [1.82, 2.24) is 9.88 Å². The largest absolute Gasteiger partial charge is 0.350 e. The summed E-state index contributed by atoms with van der Waals surface area (Å²) in [5.41, 5.74) is 3.75. The van der Waals surface area contributed by atoms with E-state index < -0.39 is 0 Å². The number of thioether (sulfide) groups is 1. The van der Waals surface area contributed by atoms with E-state index in [1.165, 1.54) is 41.9 Å². The van der Waals surface area contributed by atoms with Gasteiger partial charge in [0.25, 0.3) is 5.91 Å². The molecule has 0 unspecified atom stereocenters. The summed E-state index contributed by atoms with van der Waals surface area (Å²) >= 11 is 1.46. The molecule has 200 valence electrons. The first kappa shape index (κ1) is 24.8. The van der Waals surface area contributed by atoms with Gasteiger partial charge in [-0.2, -0.15) is 0 Å². The van der Waals surface area contributed by atoms with Gasteiger partial charge in [0.05, 0.1) is 11.3 Å². The van der Waals surface area contributed by atoms with E-state index in [1.807, 2.05) is 30.3 Å². The van der Waals surface area contributed by atoms with Crippen LogP contribution in [0.15, 0.2) is 71.6 Å². The Morgan fingerprint density at radius 3 is 2.28 bits per heavy atom. The number of amides is 2. The average molecular weight is 538 g/mol. The SMILES string of the molecule is CCn1c2ccccc2c2cc(NC(=O)c3ccccc3SCC(=O)NC34CC5CC(CC(C5)C3)C4)ccc21. The van der Waals surface area contributed by atoms with Crippen LogP contribution in [0.25, 0.3) is 21.8 Å². The van der Waals surface area contributed by atoms with Gasteiger partial charge < -0.3 is 15.2 Å². The first-order valence-electron chi connectivity index (χ1n) is 14.4. The number of anilines is 1. The van der Waals surface area contributed by atoms with E-state index in [4.69, 9.17) is 0 Å². The molecule has 8 rings (SSSR count). The highest BCUT2D eigenvalue weighted by Crippen LogP contribution is 2.55. The standard InChI is InChI=1S/C33H35N3O2S/c1-2-36-28-9-5-3-7-25(28)27-16-24(11-12-29(27)36)34-32(38)26-8-4-6-10-30(26)39-20-31(37)35-33-17-21-13-22(18-33)15-23(14-21)19-33/h3-12,16,21-23H,2,13-15,17-20H2,1H3,(H,34,38)(H,35,37). The van der Waals surface area contributed by atoms with Crippen molar-refractivity contribution in [3.8, 4) is 0 Å². The van der Waals surface area contributed by atoms with Crippen molar-refractivity contribution in [2.45, 2.75) is 62.4 Å². The predicted octanol–water partition coefficient (Wildman–Crippen LogP) is 7.24. The highest BCUT2D eigenvalue weighted by molar-refractivity contribution is 8.00. The lowest BCUT2D eigenvalue weighted by molar-refractivity contribution is -0.124. The lowest BCUT2D eigenvalue weighted by Crippen LogP contribution is -2.60. The van der Waals surface area contributed by atoms with E-state index >= 15 is 0 Å². The molecule has 3 aromatic carbocycles. The van der Waals surface area contributed by atoms with Gasteiger partial charge in [-0.25, -0.2) is 0 Å². The molecule has 6 heteroatoms. The maximum Gasteiger partial charge on any atom is 0.256 e. The number of aryl methyl sites for hydroxylation is 1. The minimum Gasteiger partial charge on any atom is -0.350 e. The minimum atomic E-state index is -0.154. The van der Waals surface area contributed by atoms with Gasteiger partial charge in [0.15, 0.2) is 0 Å².